The van der Waals surface area contributed by atoms with E-state index in [4.69, 9.17) is 4.74 Å². The summed E-state index contributed by atoms with van der Waals surface area (Å²) in [5, 5.41) is 14.2. The van der Waals surface area contributed by atoms with Crippen molar-refractivity contribution in [3.8, 4) is 5.75 Å². The summed E-state index contributed by atoms with van der Waals surface area (Å²) in [7, 11) is 1.48. The molecule has 1 N–H and O–H groups in total. The SMILES string of the molecule is COc1ccc(CC(=O)N2N=C(c3ccncc3)C[C@@]2(O)C(F)(F)F)cc1. The quantitative estimate of drug-likeness (QED) is 0.886. The lowest BCUT2D eigenvalue weighted by Crippen LogP contribution is -2.57. The fourth-order valence-electron chi connectivity index (χ4n) is 2.73. The highest BCUT2D eigenvalue weighted by atomic mass is 19.4. The first-order chi connectivity index (χ1) is 12.7. The minimum atomic E-state index is -5.07. The number of carbonyl (C=O) groups excluding carboxylic acids is 1. The lowest BCUT2D eigenvalue weighted by molar-refractivity contribution is -0.302. The fourth-order valence-corrected chi connectivity index (χ4v) is 2.73. The Morgan fingerprint density at radius 1 is 1.22 bits per heavy atom. The summed E-state index contributed by atoms with van der Waals surface area (Å²) in [5.41, 5.74) is -2.61. The van der Waals surface area contributed by atoms with Crippen LogP contribution in [0.5, 0.6) is 5.75 Å². The smallest absolute Gasteiger partial charge is 0.438 e. The van der Waals surface area contributed by atoms with Gasteiger partial charge in [-0.25, -0.2) is 0 Å². The first kappa shape index (κ1) is 18.8. The number of methoxy groups -OCH3 is 1. The zero-order valence-electron chi connectivity index (χ0n) is 14.3. The molecule has 1 amide bonds. The number of pyridine rings is 1. The Hall–Kier alpha value is -2.94. The minimum Gasteiger partial charge on any atom is -0.497 e. The van der Waals surface area contributed by atoms with E-state index in [1.165, 1.54) is 31.6 Å². The van der Waals surface area contributed by atoms with Crippen molar-refractivity contribution < 1.29 is 27.8 Å². The molecule has 0 aliphatic carbocycles. The molecule has 27 heavy (non-hydrogen) atoms. The van der Waals surface area contributed by atoms with E-state index in [1.807, 2.05) is 0 Å². The van der Waals surface area contributed by atoms with Crippen molar-refractivity contribution >= 4 is 11.6 Å². The van der Waals surface area contributed by atoms with E-state index < -0.39 is 24.2 Å². The summed E-state index contributed by atoms with van der Waals surface area (Å²) in [6.07, 6.45) is -3.48. The van der Waals surface area contributed by atoms with E-state index in [1.54, 1.807) is 24.3 Å². The summed E-state index contributed by atoms with van der Waals surface area (Å²) < 4.78 is 45.6. The average Bonchev–Trinajstić information content (AvgIpc) is 3.02. The van der Waals surface area contributed by atoms with Crippen molar-refractivity contribution in [3.63, 3.8) is 0 Å². The highest BCUT2D eigenvalue weighted by Gasteiger charge is 2.63. The first-order valence-corrected chi connectivity index (χ1v) is 7.97. The van der Waals surface area contributed by atoms with Gasteiger partial charge in [0.05, 0.1) is 25.7 Å². The molecule has 0 saturated heterocycles. The number of aromatic nitrogens is 1. The second kappa shape index (κ2) is 6.99. The number of nitrogens with zero attached hydrogens (tertiary/aromatic N) is 3. The van der Waals surface area contributed by atoms with Crippen LogP contribution in [0, 0.1) is 0 Å². The van der Waals surface area contributed by atoms with Gasteiger partial charge in [-0.3, -0.25) is 9.78 Å². The lowest BCUT2D eigenvalue weighted by atomic mass is 10.0. The molecule has 3 rings (SSSR count). The van der Waals surface area contributed by atoms with Crippen LogP contribution in [0.3, 0.4) is 0 Å². The zero-order chi connectivity index (χ0) is 19.7. The first-order valence-electron chi connectivity index (χ1n) is 7.97. The van der Waals surface area contributed by atoms with Gasteiger partial charge in [0.15, 0.2) is 0 Å². The standard InChI is InChI=1S/C18H16F3N3O3/c1-27-14-4-2-12(3-5-14)10-16(25)24-17(26,18(19,20)21)11-15(23-24)13-6-8-22-9-7-13/h2-9,26H,10-11H2,1H3/t17-/m1/s1. The van der Waals surface area contributed by atoms with Crippen molar-refractivity contribution in [3.05, 3.63) is 59.9 Å². The van der Waals surface area contributed by atoms with E-state index >= 15 is 0 Å². The van der Waals surface area contributed by atoms with Gasteiger partial charge < -0.3 is 9.84 Å². The zero-order valence-corrected chi connectivity index (χ0v) is 14.3. The largest absolute Gasteiger partial charge is 0.497 e. The Bertz CT molecular complexity index is 854. The van der Waals surface area contributed by atoms with Gasteiger partial charge in [0.1, 0.15) is 5.75 Å². The Kier molecular flexibility index (Phi) is 4.88. The van der Waals surface area contributed by atoms with Crippen LogP contribution in [0.2, 0.25) is 0 Å². The van der Waals surface area contributed by atoms with Crippen LogP contribution in [0.1, 0.15) is 17.5 Å². The number of halogens is 3. The number of hydrazone groups is 1. The number of rotatable bonds is 4. The Morgan fingerprint density at radius 2 is 1.85 bits per heavy atom. The van der Waals surface area contributed by atoms with Gasteiger partial charge in [0, 0.05) is 18.0 Å². The summed E-state index contributed by atoms with van der Waals surface area (Å²) in [6.45, 7) is 0. The van der Waals surface area contributed by atoms with E-state index in [0.717, 1.165) is 0 Å². The average molecular weight is 379 g/mol. The molecule has 1 aliphatic rings. The number of hydrogen-bond acceptors (Lipinski definition) is 5. The molecular formula is C18H16F3N3O3. The van der Waals surface area contributed by atoms with Gasteiger partial charge in [-0.15, -0.1) is 0 Å². The number of alkyl halides is 3. The molecule has 1 aliphatic heterocycles. The maximum atomic E-state index is 13.5. The molecule has 142 valence electrons. The molecule has 0 unspecified atom stereocenters. The summed E-state index contributed by atoms with van der Waals surface area (Å²) in [6, 6.07) is 9.24. The fraction of sp³-hybridized carbons (Fsp3) is 0.278. The normalized spacial score (nSPS) is 19.7. The summed E-state index contributed by atoms with van der Waals surface area (Å²) >= 11 is 0. The van der Waals surface area contributed by atoms with Crippen LogP contribution in [0.15, 0.2) is 53.9 Å². The van der Waals surface area contributed by atoms with Crippen LogP contribution in [-0.4, -0.2) is 45.7 Å². The highest BCUT2D eigenvalue weighted by Crippen LogP contribution is 2.41. The van der Waals surface area contributed by atoms with Crippen LogP contribution < -0.4 is 4.74 Å². The lowest BCUT2D eigenvalue weighted by Gasteiger charge is -2.32. The predicted octanol–water partition coefficient (Wildman–Crippen LogP) is 2.52. The van der Waals surface area contributed by atoms with E-state index in [9.17, 15) is 23.1 Å². The van der Waals surface area contributed by atoms with Gasteiger partial charge in [-0.2, -0.15) is 23.3 Å². The summed E-state index contributed by atoms with van der Waals surface area (Å²) in [4.78, 5) is 16.3. The van der Waals surface area contributed by atoms with Crippen LogP contribution in [-0.2, 0) is 11.2 Å². The van der Waals surface area contributed by atoms with Crippen molar-refractivity contribution in [1.82, 2.24) is 9.99 Å². The van der Waals surface area contributed by atoms with Gasteiger partial charge in [-0.1, -0.05) is 12.1 Å². The Labute approximate surface area is 152 Å². The third-order valence-corrected chi connectivity index (χ3v) is 4.20. The molecule has 1 aromatic heterocycles. The molecule has 1 aromatic carbocycles. The van der Waals surface area contributed by atoms with Gasteiger partial charge in [-0.05, 0) is 29.8 Å². The number of aliphatic hydroxyl groups is 1. The number of carbonyl (C=O) groups is 1. The van der Waals surface area contributed by atoms with Crippen molar-refractivity contribution in [2.45, 2.75) is 24.7 Å². The molecule has 9 heteroatoms. The van der Waals surface area contributed by atoms with Gasteiger partial charge in [0.2, 0.25) is 5.91 Å². The van der Waals surface area contributed by atoms with Crippen molar-refractivity contribution in [2.24, 2.45) is 5.10 Å². The number of hydrogen-bond donors (Lipinski definition) is 1. The molecule has 2 heterocycles. The van der Waals surface area contributed by atoms with Crippen LogP contribution in [0.4, 0.5) is 13.2 Å². The number of amides is 1. The Morgan fingerprint density at radius 3 is 2.41 bits per heavy atom. The van der Waals surface area contributed by atoms with Crippen molar-refractivity contribution in [2.75, 3.05) is 7.11 Å². The molecule has 0 fully saturated rings. The molecular weight excluding hydrogens is 363 g/mol. The minimum absolute atomic E-state index is 0.0414. The van der Waals surface area contributed by atoms with Crippen LogP contribution in [0.25, 0.3) is 0 Å². The monoisotopic (exact) mass is 379 g/mol. The molecule has 0 bridgehead atoms. The van der Waals surface area contributed by atoms with E-state index in [2.05, 4.69) is 10.1 Å². The molecule has 0 saturated carbocycles. The van der Waals surface area contributed by atoms with E-state index in [-0.39, 0.29) is 17.1 Å². The molecule has 1 atom stereocenters. The third kappa shape index (κ3) is 3.63. The molecule has 0 spiro atoms. The maximum absolute atomic E-state index is 13.5. The highest BCUT2D eigenvalue weighted by molar-refractivity contribution is 6.03. The third-order valence-electron chi connectivity index (χ3n) is 4.20. The van der Waals surface area contributed by atoms with Gasteiger partial charge >= 0.3 is 6.18 Å². The van der Waals surface area contributed by atoms with Crippen LogP contribution >= 0.6 is 0 Å². The van der Waals surface area contributed by atoms with E-state index in [0.29, 0.717) is 16.9 Å². The second-order valence-corrected chi connectivity index (χ2v) is 6.00. The van der Waals surface area contributed by atoms with Crippen molar-refractivity contribution in [1.29, 1.82) is 0 Å². The second-order valence-electron chi connectivity index (χ2n) is 6.00. The topological polar surface area (TPSA) is 75.0 Å². The molecule has 2 aromatic rings. The Balaban J connectivity index is 1.90. The number of benzene rings is 1. The predicted molar refractivity (Wildman–Crippen MR) is 89.9 cm³/mol. The van der Waals surface area contributed by atoms with Gasteiger partial charge in [0.25, 0.3) is 5.72 Å². The molecule has 6 nitrogen and oxygen atoms in total. The number of ether oxygens (including phenoxy) is 1. The maximum Gasteiger partial charge on any atom is 0.438 e. The molecule has 0 radical (unpaired) electrons. The summed E-state index contributed by atoms with van der Waals surface area (Å²) in [5.74, 6) is -0.416.